The van der Waals surface area contributed by atoms with Crippen LogP contribution in [0.5, 0.6) is 0 Å². The summed E-state index contributed by atoms with van der Waals surface area (Å²) in [6.07, 6.45) is 6.52. The molecule has 0 spiro atoms. The number of anilines is 2. The number of nitrogens with one attached hydrogen (secondary N) is 5. The molecule has 18 nitrogen and oxygen atoms in total. The first-order chi connectivity index (χ1) is 32.3. The van der Waals surface area contributed by atoms with E-state index in [1.807, 2.05) is 68.9 Å². The van der Waals surface area contributed by atoms with Gasteiger partial charge in [-0.05, 0) is 107 Å². The second kappa shape index (κ2) is 20.1. The zero-order valence-corrected chi connectivity index (χ0v) is 38.4. The number of piperazine rings is 1. The minimum absolute atomic E-state index is 0.00767. The van der Waals surface area contributed by atoms with E-state index in [0.29, 0.717) is 42.9 Å². The van der Waals surface area contributed by atoms with E-state index in [1.54, 1.807) is 24.4 Å². The number of aryl methyl sites for hydroxylation is 2. The molecule has 0 radical (unpaired) electrons. The van der Waals surface area contributed by atoms with Gasteiger partial charge in [0, 0.05) is 105 Å². The average Bonchev–Trinajstić information content (AvgIpc) is 3.85. The number of hydrogen-bond donors (Lipinski definition) is 5. The molecule has 5 aromatic rings. The van der Waals surface area contributed by atoms with E-state index < -0.39 is 29.7 Å². The van der Waals surface area contributed by atoms with E-state index in [4.69, 9.17) is 4.98 Å². The highest BCUT2D eigenvalue weighted by Crippen LogP contribution is 2.33. The highest BCUT2D eigenvalue weighted by atomic mass is 16.2. The van der Waals surface area contributed by atoms with Crippen molar-refractivity contribution in [3.05, 3.63) is 105 Å². The lowest BCUT2D eigenvalue weighted by Gasteiger charge is -2.35. The third kappa shape index (κ3) is 10.1. The summed E-state index contributed by atoms with van der Waals surface area (Å²) >= 11 is 0. The normalized spacial score (nSPS) is 16.5. The summed E-state index contributed by atoms with van der Waals surface area (Å²) in [4.78, 5) is 103. The molecule has 1 unspecified atom stereocenters. The lowest BCUT2D eigenvalue weighted by Crippen LogP contribution is -2.54. The molecule has 67 heavy (non-hydrogen) atoms. The number of rotatable bonds is 17. The van der Waals surface area contributed by atoms with Crippen LogP contribution in [-0.4, -0.2) is 117 Å². The molecular formula is C49H57N11O7. The first-order valence-electron chi connectivity index (χ1n) is 23.0. The van der Waals surface area contributed by atoms with Gasteiger partial charge in [-0.3, -0.25) is 53.4 Å². The molecule has 350 valence electrons. The number of benzene rings is 2. The van der Waals surface area contributed by atoms with E-state index in [0.717, 1.165) is 89.4 Å². The van der Waals surface area contributed by atoms with Crippen LogP contribution in [0.3, 0.4) is 0 Å². The second-order valence-corrected chi connectivity index (χ2v) is 17.8. The summed E-state index contributed by atoms with van der Waals surface area (Å²) in [6, 6.07) is 13.9. The number of amides is 6. The van der Waals surface area contributed by atoms with Crippen molar-refractivity contribution in [3.8, 4) is 11.1 Å². The number of H-pyrrole nitrogens is 1. The molecular weight excluding hydrogens is 855 g/mol. The maximum Gasteiger partial charge on any atom is 0.264 e. The van der Waals surface area contributed by atoms with Crippen LogP contribution in [0.15, 0.2) is 65.7 Å². The number of imide groups is 2. The van der Waals surface area contributed by atoms with Gasteiger partial charge in [-0.25, -0.2) is 4.98 Å². The average molecular weight is 912 g/mol. The Balaban J connectivity index is 0.763. The molecule has 0 aliphatic carbocycles. The number of piperidine rings is 1. The molecule has 3 aliphatic heterocycles. The Labute approximate surface area is 387 Å². The van der Waals surface area contributed by atoms with E-state index in [9.17, 15) is 33.6 Å². The Hall–Kier alpha value is -7.21. The molecule has 3 aromatic heterocycles. The third-order valence-electron chi connectivity index (χ3n) is 12.8. The Bertz CT molecular complexity index is 2790. The fourth-order valence-corrected chi connectivity index (χ4v) is 9.11. The van der Waals surface area contributed by atoms with Crippen LogP contribution in [0.25, 0.3) is 22.0 Å². The molecule has 2 aromatic carbocycles. The summed E-state index contributed by atoms with van der Waals surface area (Å²) in [5, 5.41) is 16.8. The van der Waals surface area contributed by atoms with Gasteiger partial charge in [-0.15, -0.1) is 0 Å². The number of carbonyl (C=O) groups excluding carboxylic acids is 6. The number of nitrogens with zero attached hydrogens (tertiary/aromatic N) is 6. The second-order valence-electron chi connectivity index (χ2n) is 17.8. The summed E-state index contributed by atoms with van der Waals surface area (Å²) in [7, 11) is 0. The Morgan fingerprint density at radius 3 is 2.39 bits per heavy atom. The minimum Gasteiger partial charge on any atom is -0.384 e. The van der Waals surface area contributed by atoms with Crippen molar-refractivity contribution < 1.29 is 28.8 Å². The summed E-state index contributed by atoms with van der Waals surface area (Å²) in [6.45, 7) is 12.8. The van der Waals surface area contributed by atoms with Gasteiger partial charge in [0.1, 0.15) is 11.9 Å². The highest BCUT2D eigenvalue weighted by Gasteiger charge is 2.45. The van der Waals surface area contributed by atoms with Gasteiger partial charge in [0.2, 0.25) is 17.7 Å². The van der Waals surface area contributed by atoms with Crippen molar-refractivity contribution in [3.63, 3.8) is 0 Å². The van der Waals surface area contributed by atoms with Gasteiger partial charge < -0.3 is 25.8 Å². The Morgan fingerprint density at radius 2 is 1.66 bits per heavy atom. The minimum atomic E-state index is -1.01. The first kappa shape index (κ1) is 46.3. The molecule has 2 saturated heterocycles. The van der Waals surface area contributed by atoms with Crippen LogP contribution in [0.4, 0.5) is 11.5 Å². The van der Waals surface area contributed by atoms with Crippen molar-refractivity contribution in [2.24, 2.45) is 0 Å². The van der Waals surface area contributed by atoms with Gasteiger partial charge >= 0.3 is 0 Å². The summed E-state index contributed by atoms with van der Waals surface area (Å²) in [5.74, 6) is -1.57. The number of aromatic amines is 1. The number of aromatic nitrogens is 4. The van der Waals surface area contributed by atoms with Gasteiger partial charge in [-0.2, -0.15) is 5.10 Å². The predicted molar refractivity (Wildman–Crippen MR) is 253 cm³/mol. The topological polar surface area (TPSA) is 224 Å². The van der Waals surface area contributed by atoms with E-state index in [2.05, 4.69) is 41.1 Å². The van der Waals surface area contributed by atoms with Crippen LogP contribution in [0.1, 0.15) is 106 Å². The molecule has 5 N–H and O–H groups in total. The molecule has 18 heteroatoms. The predicted octanol–water partition coefficient (Wildman–Crippen LogP) is 4.23. The fourth-order valence-electron chi connectivity index (χ4n) is 9.11. The monoisotopic (exact) mass is 911 g/mol. The molecule has 0 saturated carbocycles. The summed E-state index contributed by atoms with van der Waals surface area (Å²) in [5.41, 5.74) is 5.87. The number of pyridine rings is 2. The molecule has 2 fully saturated rings. The van der Waals surface area contributed by atoms with E-state index in [1.165, 1.54) is 0 Å². The lowest BCUT2D eigenvalue weighted by atomic mass is 10.0. The first-order valence-corrected chi connectivity index (χ1v) is 23.0. The number of unbranched alkanes of at least 4 members (excludes halogenated alkanes) is 2. The third-order valence-corrected chi connectivity index (χ3v) is 12.8. The van der Waals surface area contributed by atoms with Crippen molar-refractivity contribution in [2.45, 2.75) is 84.8 Å². The molecule has 3 aliphatic rings. The van der Waals surface area contributed by atoms with Gasteiger partial charge in [-0.1, -0.05) is 6.07 Å². The summed E-state index contributed by atoms with van der Waals surface area (Å²) < 4.78 is 1.90. The van der Waals surface area contributed by atoms with Crippen molar-refractivity contribution in [2.75, 3.05) is 56.0 Å². The van der Waals surface area contributed by atoms with Crippen LogP contribution < -0.4 is 31.7 Å². The van der Waals surface area contributed by atoms with Crippen molar-refractivity contribution in [1.82, 2.24) is 45.5 Å². The van der Waals surface area contributed by atoms with Crippen LogP contribution in [0.2, 0.25) is 0 Å². The van der Waals surface area contributed by atoms with Gasteiger partial charge in [0.25, 0.3) is 23.3 Å². The van der Waals surface area contributed by atoms with E-state index >= 15 is 0 Å². The zero-order chi connectivity index (χ0) is 47.4. The highest BCUT2D eigenvalue weighted by molar-refractivity contribution is 6.25. The van der Waals surface area contributed by atoms with Gasteiger partial charge in [0.15, 0.2) is 0 Å². The smallest absolute Gasteiger partial charge is 0.264 e. The Kier molecular flexibility index (Phi) is 13.9. The number of fused-ring (bicyclic) bond motifs is 2. The maximum absolute atomic E-state index is 13.7. The van der Waals surface area contributed by atoms with Gasteiger partial charge in [0.05, 0.1) is 28.4 Å². The zero-order valence-electron chi connectivity index (χ0n) is 38.4. The van der Waals surface area contributed by atoms with Crippen LogP contribution >= 0.6 is 0 Å². The molecule has 6 amide bonds. The quantitative estimate of drug-likeness (QED) is 0.0654. The number of hydrogen-bond acceptors (Lipinski definition) is 12. The number of carbonyl (C=O) groups is 6. The SMILES string of the molecule is Cc1cc(C)c(CNC(=O)c2cc(-c3ccc(N4CCN(CCC(=O)NCCCCCNc5cccc6c5C(=O)N(C5CCC(=O)NC5=O)C6=O)CC4)nc3)cc3c2cnn3C(C)C)c(=O)[nH]1. The fraction of sp³-hybridized carbons (Fsp3) is 0.408. The molecule has 8 rings (SSSR count). The van der Waals surface area contributed by atoms with Crippen LogP contribution in [-0.2, 0) is 20.9 Å². The standard InChI is InChI=1S/C49H57N11O7/c1-29(2)60-40-25-33(24-35(37(40)28-54-60)45(63)53-27-36-30(3)23-31(4)55-46(36)64)32-11-13-41(52-26-32)58-21-19-57(20-22-58)18-15-42(61)51-17-7-5-6-16-50-38-10-8-9-34-44(38)49(67)59(48(34)66)39-12-14-43(62)56-47(39)65/h8-11,13,23-26,28-29,39,50H,5-7,12,14-22,27H2,1-4H3,(H,51,61)(H,53,63)(H,55,64)(H,56,62,65). The molecule has 1 atom stereocenters. The lowest BCUT2D eigenvalue weighted by molar-refractivity contribution is -0.136. The molecule has 0 bridgehead atoms. The largest absolute Gasteiger partial charge is 0.384 e. The molecule has 6 heterocycles. The van der Waals surface area contributed by atoms with Crippen LogP contribution in [0, 0.1) is 13.8 Å². The van der Waals surface area contributed by atoms with E-state index in [-0.39, 0.29) is 53.9 Å². The van der Waals surface area contributed by atoms with Crippen molar-refractivity contribution in [1.29, 1.82) is 0 Å². The van der Waals surface area contributed by atoms with Crippen molar-refractivity contribution >= 4 is 57.9 Å². The maximum atomic E-state index is 13.7. The Morgan fingerprint density at radius 1 is 0.866 bits per heavy atom.